The number of hydrogen-bond acceptors (Lipinski definition) is 1. The summed E-state index contributed by atoms with van der Waals surface area (Å²) in [6.45, 7) is 0. The number of fused-ring (bicyclic) bond motifs is 2. The monoisotopic (exact) mass is 361 g/mol. The Kier molecular flexibility index (Phi) is 5.80. The van der Waals surface area contributed by atoms with E-state index in [1.807, 2.05) is 12.1 Å². The van der Waals surface area contributed by atoms with E-state index in [1.165, 1.54) is 16.7 Å². The molecule has 3 rings (SSSR count). The highest BCUT2D eigenvalue weighted by atomic mass is 35.5. The molecule has 0 radical (unpaired) electrons. The maximum absolute atomic E-state index is 10.9. The van der Waals surface area contributed by atoms with Crippen molar-refractivity contribution >= 4 is 29.6 Å². The Labute approximate surface area is 153 Å². The number of carbonyl (C=O) groups excluding carboxylic acids is 1. The minimum Gasteiger partial charge on any atom is -0.352 e. The predicted molar refractivity (Wildman–Crippen MR) is 101 cm³/mol. The van der Waals surface area contributed by atoms with Gasteiger partial charge in [0, 0.05) is 5.92 Å². The second kappa shape index (κ2) is 8.04. The van der Waals surface area contributed by atoms with Crippen molar-refractivity contribution in [3.05, 3.63) is 69.3 Å². The normalized spacial score (nSPS) is 28.2. The van der Waals surface area contributed by atoms with Gasteiger partial charge in [0.1, 0.15) is 0 Å². The largest absolute Gasteiger partial charge is 0.352 e. The van der Waals surface area contributed by atoms with Crippen LogP contribution in [-0.4, -0.2) is 12.5 Å². The lowest BCUT2D eigenvalue weighted by molar-refractivity contribution is -0.110. The molecule has 0 aliphatic heterocycles. The van der Waals surface area contributed by atoms with Gasteiger partial charge in [-0.25, -0.2) is 0 Å². The molecule has 0 spiro atoms. The summed E-state index contributed by atoms with van der Waals surface area (Å²) < 4.78 is 0. The molecule has 2 nitrogen and oxygen atoms in total. The minimum absolute atomic E-state index is 0.146. The van der Waals surface area contributed by atoms with Gasteiger partial charge in [0.25, 0.3) is 0 Å². The molecule has 1 aromatic rings. The van der Waals surface area contributed by atoms with Crippen molar-refractivity contribution in [2.45, 2.75) is 44.1 Å². The lowest BCUT2D eigenvalue weighted by atomic mass is 9.78. The zero-order valence-electron chi connectivity index (χ0n) is 13.5. The third kappa shape index (κ3) is 3.93. The molecule has 2 atom stereocenters. The van der Waals surface area contributed by atoms with Crippen molar-refractivity contribution in [1.29, 1.82) is 0 Å². The number of allylic oxidation sites excluding steroid dienone is 5. The van der Waals surface area contributed by atoms with E-state index >= 15 is 0 Å². The van der Waals surface area contributed by atoms with Crippen LogP contribution in [0.25, 0.3) is 0 Å². The SMILES string of the molecule is O=CNC1CCCC(c2ccc(Cl)c(Cl)c2)/C2=C/C=CC/C=C/1C2. The molecule has 2 aliphatic carbocycles. The van der Waals surface area contributed by atoms with E-state index < -0.39 is 0 Å². The van der Waals surface area contributed by atoms with Gasteiger partial charge < -0.3 is 5.32 Å². The van der Waals surface area contributed by atoms with Gasteiger partial charge in [-0.2, -0.15) is 0 Å². The van der Waals surface area contributed by atoms with E-state index in [0.717, 1.165) is 38.5 Å². The average molecular weight is 362 g/mol. The van der Waals surface area contributed by atoms with Crippen molar-refractivity contribution in [2.24, 2.45) is 0 Å². The van der Waals surface area contributed by atoms with Crippen LogP contribution < -0.4 is 5.32 Å². The maximum Gasteiger partial charge on any atom is 0.207 e. The van der Waals surface area contributed by atoms with E-state index in [-0.39, 0.29) is 6.04 Å². The number of halogens is 2. The fourth-order valence-electron chi connectivity index (χ4n) is 3.64. The first kappa shape index (κ1) is 17.3. The molecule has 1 fully saturated rings. The van der Waals surface area contributed by atoms with Crippen molar-refractivity contribution in [2.75, 3.05) is 0 Å². The van der Waals surface area contributed by atoms with E-state index in [1.54, 1.807) is 0 Å². The number of nitrogens with one attached hydrogen (secondary N) is 1. The molecule has 1 N–H and O–H groups in total. The molecule has 1 amide bonds. The lowest BCUT2D eigenvalue weighted by Crippen LogP contribution is -2.31. The van der Waals surface area contributed by atoms with Crippen molar-refractivity contribution in [3.8, 4) is 0 Å². The predicted octanol–water partition coefficient (Wildman–Crippen LogP) is 5.58. The Hall–Kier alpha value is -1.51. The van der Waals surface area contributed by atoms with Crippen LogP contribution in [0.1, 0.15) is 43.6 Å². The fraction of sp³-hybridized carbons (Fsp3) is 0.350. The molecule has 4 heteroatoms. The van der Waals surface area contributed by atoms with Gasteiger partial charge in [-0.3, -0.25) is 4.79 Å². The molecule has 0 aromatic heterocycles. The first-order valence-corrected chi connectivity index (χ1v) is 9.14. The molecular weight excluding hydrogens is 341 g/mol. The molecule has 2 aliphatic rings. The van der Waals surface area contributed by atoms with Crippen LogP contribution in [0.15, 0.2) is 53.6 Å². The van der Waals surface area contributed by atoms with Gasteiger partial charge in [0.15, 0.2) is 0 Å². The maximum atomic E-state index is 10.9. The van der Waals surface area contributed by atoms with Crippen LogP contribution >= 0.6 is 23.2 Å². The first-order valence-electron chi connectivity index (χ1n) is 8.38. The molecule has 0 saturated heterocycles. The molecule has 126 valence electrons. The third-order valence-corrected chi connectivity index (χ3v) is 5.61. The summed E-state index contributed by atoms with van der Waals surface area (Å²) in [4.78, 5) is 10.9. The minimum atomic E-state index is 0.146. The lowest BCUT2D eigenvalue weighted by Gasteiger charge is -2.30. The molecule has 1 aromatic carbocycles. The van der Waals surface area contributed by atoms with Gasteiger partial charge >= 0.3 is 0 Å². The molecule has 1 saturated carbocycles. The first-order chi connectivity index (χ1) is 11.7. The van der Waals surface area contributed by atoms with Gasteiger partial charge in [0.05, 0.1) is 16.1 Å². The summed E-state index contributed by atoms with van der Waals surface area (Å²) in [7, 11) is 0. The highest BCUT2D eigenvalue weighted by Gasteiger charge is 2.25. The van der Waals surface area contributed by atoms with Crippen LogP contribution in [0.4, 0.5) is 0 Å². The van der Waals surface area contributed by atoms with Gasteiger partial charge in [0.2, 0.25) is 6.41 Å². The van der Waals surface area contributed by atoms with E-state index in [2.05, 4.69) is 35.7 Å². The topological polar surface area (TPSA) is 29.1 Å². The fourth-order valence-corrected chi connectivity index (χ4v) is 3.95. The van der Waals surface area contributed by atoms with E-state index in [0.29, 0.717) is 16.0 Å². The summed E-state index contributed by atoms with van der Waals surface area (Å²) in [5.41, 5.74) is 3.89. The highest BCUT2D eigenvalue weighted by molar-refractivity contribution is 6.42. The Morgan fingerprint density at radius 3 is 2.79 bits per heavy atom. The summed E-state index contributed by atoms with van der Waals surface area (Å²) in [6.07, 6.45) is 14.5. The van der Waals surface area contributed by atoms with Gasteiger partial charge in [-0.05, 0) is 49.0 Å². The van der Waals surface area contributed by atoms with E-state index in [9.17, 15) is 4.79 Å². The Morgan fingerprint density at radius 2 is 2.00 bits per heavy atom. The quantitative estimate of drug-likeness (QED) is 0.552. The summed E-state index contributed by atoms with van der Waals surface area (Å²) in [5, 5.41) is 4.19. The van der Waals surface area contributed by atoms with Crippen LogP contribution in [0.3, 0.4) is 0 Å². The van der Waals surface area contributed by atoms with Crippen LogP contribution in [-0.2, 0) is 4.79 Å². The highest BCUT2D eigenvalue weighted by Crippen LogP contribution is 2.39. The molecular formula is C20H21Cl2NO. The van der Waals surface area contributed by atoms with Crippen molar-refractivity contribution < 1.29 is 4.79 Å². The standard InChI is InChI=1S/C20H21Cl2NO/c21-18-10-9-15(12-19(18)22)17-7-4-8-20(23-13-24)16-6-3-1-2-5-14(17)11-16/h1-2,5-6,9-10,12-13,17,20H,3-4,7-8,11H2,(H,23,24)/b2-1?,14-5+,16-6+. The van der Waals surface area contributed by atoms with Gasteiger partial charge in [-0.1, -0.05) is 65.6 Å². The zero-order chi connectivity index (χ0) is 16.9. The molecule has 24 heavy (non-hydrogen) atoms. The molecule has 2 unspecified atom stereocenters. The van der Waals surface area contributed by atoms with Gasteiger partial charge in [-0.15, -0.1) is 0 Å². The number of hydrogen-bond donors (Lipinski definition) is 1. The third-order valence-electron chi connectivity index (χ3n) is 4.87. The number of carbonyl (C=O) groups is 1. The zero-order valence-corrected chi connectivity index (χ0v) is 15.0. The van der Waals surface area contributed by atoms with Crippen LogP contribution in [0.5, 0.6) is 0 Å². The second-order valence-corrected chi connectivity index (χ2v) is 7.17. The number of amides is 1. The Bertz CT molecular complexity index is 706. The second-order valence-electron chi connectivity index (χ2n) is 6.36. The molecule has 0 heterocycles. The van der Waals surface area contributed by atoms with Crippen LogP contribution in [0.2, 0.25) is 10.0 Å². The van der Waals surface area contributed by atoms with Crippen LogP contribution in [0, 0.1) is 0 Å². The number of benzene rings is 1. The van der Waals surface area contributed by atoms with Crippen molar-refractivity contribution in [3.63, 3.8) is 0 Å². The summed E-state index contributed by atoms with van der Waals surface area (Å²) in [5.74, 6) is 0.336. The molecule has 2 bridgehead atoms. The van der Waals surface area contributed by atoms with Crippen molar-refractivity contribution in [1.82, 2.24) is 5.32 Å². The number of rotatable bonds is 3. The smallest absolute Gasteiger partial charge is 0.207 e. The Morgan fingerprint density at radius 1 is 1.12 bits per heavy atom. The summed E-state index contributed by atoms with van der Waals surface area (Å²) in [6, 6.07) is 6.09. The van der Waals surface area contributed by atoms with E-state index in [4.69, 9.17) is 23.2 Å². The summed E-state index contributed by atoms with van der Waals surface area (Å²) >= 11 is 12.3. The average Bonchev–Trinajstić information content (AvgIpc) is 2.52. The Balaban J connectivity index is 1.96.